The molecule has 0 spiro atoms. The van der Waals surface area contributed by atoms with Crippen LogP contribution in [0.1, 0.15) is 52.2 Å². The highest BCUT2D eigenvalue weighted by molar-refractivity contribution is 5.27. The van der Waals surface area contributed by atoms with Crippen molar-refractivity contribution >= 4 is 0 Å². The van der Waals surface area contributed by atoms with E-state index in [0.717, 1.165) is 26.1 Å². The van der Waals surface area contributed by atoms with Gasteiger partial charge in [-0.2, -0.15) is 0 Å². The minimum Gasteiger partial charge on any atom is -0.312 e. The molecule has 1 aromatic carbocycles. The first-order valence-electron chi connectivity index (χ1n) is 8.00. The van der Waals surface area contributed by atoms with Crippen LogP contribution in [0.15, 0.2) is 24.3 Å². The maximum absolute atomic E-state index is 3.58. The highest BCUT2D eigenvalue weighted by Gasteiger charge is 2.10. The normalized spacial score (nSPS) is 12.1. The molecule has 0 fully saturated rings. The van der Waals surface area contributed by atoms with Crippen LogP contribution in [-0.4, -0.2) is 30.1 Å². The van der Waals surface area contributed by atoms with Crippen molar-refractivity contribution < 1.29 is 0 Å². The van der Waals surface area contributed by atoms with Crippen LogP contribution in [-0.2, 0) is 13.0 Å². The molecule has 0 saturated heterocycles. The van der Waals surface area contributed by atoms with E-state index < -0.39 is 0 Å². The number of hydrogen-bond acceptors (Lipinski definition) is 2. The van der Waals surface area contributed by atoms with Gasteiger partial charge in [0.15, 0.2) is 0 Å². The summed E-state index contributed by atoms with van der Waals surface area (Å²) < 4.78 is 0. The van der Waals surface area contributed by atoms with Crippen LogP contribution in [0, 0.1) is 0 Å². The third-order valence-electron chi connectivity index (χ3n) is 3.55. The molecule has 0 aliphatic heterocycles. The van der Waals surface area contributed by atoms with Crippen molar-refractivity contribution in [1.29, 1.82) is 0 Å². The van der Waals surface area contributed by atoms with Crippen LogP contribution in [0.2, 0.25) is 0 Å². The summed E-state index contributed by atoms with van der Waals surface area (Å²) in [7, 11) is 0. The third-order valence-corrected chi connectivity index (χ3v) is 3.55. The van der Waals surface area contributed by atoms with Crippen molar-refractivity contribution in [3.8, 4) is 0 Å². The van der Waals surface area contributed by atoms with Gasteiger partial charge >= 0.3 is 0 Å². The molecule has 0 bridgehead atoms. The van der Waals surface area contributed by atoms with E-state index >= 15 is 0 Å². The maximum atomic E-state index is 3.58. The Kier molecular flexibility index (Phi) is 7.25. The molecule has 1 N–H and O–H groups in total. The van der Waals surface area contributed by atoms with Crippen molar-refractivity contribution in [2.75, 3.05) is 19.6 Å². The molecular formula is C18H32N2. The number of hydrogen-bond donors (Lipinski definition) is 1. The summed E-state index contributed by atoms with van der Waals surface area (Å²) in [6.45, 7) is 15.6. The molecule has 2 nitrogen and oxygen atoms in total. The number of benzene rings is 1. The standard InChI is InChI=1S/C18H32N2/c1-6-14-20(7-2)15-17-11-9-8-10-16(17)12-13-19-18(3,4)5/h8-11,19H,6-7,12-15H2,1-5H3. The summed E-state index contributed by atoms with van der Waals surface area (Å²) in [6, 6.07) is 8.88. The second-order valence-electron chi connectivity index (χ2n) is 6.56. The maximum Gasteiger partial charge on any atom is 0.0236 e. The lowest BCUT2D eigenvalue weighted by atomic mass is 10.0. The van der Waals surface area contributed by atoms with Crippen molar-refractivity contribution in [3.63, 3.8) is 0 Å². The SMILES string of the molecule is CCCN(CC)Cc1ccccc1CCNC(C)(C)C. The van der Waals surface area contributed by atoms with E-state index in [1.165, 1.54) is 24.1 Å². The van der Waals surface area contributed by atoms with Gasteiger partial charge in [0.25, 0.3) is 0 Å². The van der Waals surface area contributed by atoms with E-state index in [-0.39, 0.29) is 5.54 Å². The van der Waals surface area contributed by atoms with Crippen LogP contribution < -0.4 is 5.32 Å². The summed E-state index contributed by atoms with van der Waals surface area (Å²) in [5.41, 5.74) is 3.17. The van der Waals surface area contributed by atoms with Crippen molar-refractivity contribution in [2.45, 2.75) is 59.5 Å². The summed E-state index contributed by atoms with van der Waals surface area (Å²) in [6.07, 6.45) is 2.33. The van der Waals surface area contributed by atoms with E-state index in [0.29, 0.717) is 0 Å². The minimum atomic E-state index is 0.201. The van der Waals surface area contributed by atoms with Crippen LogP contribution in [0.5, 0.6) is 0 Å². The largest absolute Gasteiger partial charge is 0.312 e. The van der Waals surface area contributed by atoms with E-state index in [1.54, 1.807) is 0 Å². The fourth-order valence-corrected chi connectivity index (χ4v) is 2.43. The molecule has 0 aromatic heterocycles. The first kappa shape index (κ1) is 17.2. The summed E-state index contributed by atoms with van der Waals surface area (Å²) in [5.74, 6) is 0. The van der Waals surface area contributed by atoms with Gasteiger partial charge in [-0.05, 0) is 64.4 Å². The van der Waals surface area contributed by atoms with E-state index in [9.17, 15) is 0 Å². The third kappa shape index (κ3) is 6.53. The van der Waals surface area contributed by atoms with Crippen molar-refractivity contribution in [2.24, 2.45) is 0 Å². The second-order valence-corrected chi connectivity index (χ2v) is 6.56. The van der Waals surface area contributed by atoms with Crippen LogP contribution >= 0.6 is 0 Å². The Morgan fingerprint density at radius 3 is 2.25 bits per heavy atom. The van der Waals surface area contributed by atoms with Gasteiger partial charge in [-0.3, -0.25) is 4.90 Å². The van der Waals surface area contributed by atoms with Gasteiger partial charge in [0, 0.05) is 12.1 Å². The molecule has 0 atom stereocenters. The highest BCUT2D eigenvalue weighted by Crippen LogP contribution is 2.13. The molecule has 114 valence electrons. The molecule has 0 aliphatic carbocycles. The predicted octanol–water partition coefficient (Wildman–Crippen LogP) is 3.85. The zero-order valence-electron chi connectivity index (χ0n) is 14.0. The predicted molar refractivity (Wildman–Crippen MR) is 89.1 cm³/mol. The average Bonchev–Trinajstić information content (AvgIpc) is 2.38. The molecule has 0 amide bonds. The summed E-state index contributed by atoms with van der Waals surface area (Å²) in [5, 5.41) is 3.58. The average molecular weight is 276 g/mol. The van der Waals surface area contributed by atoms with Crippen LogP contribution in [0.4, 0.5) is 0 Å². The molecular weight excluding hydrogens is 244 g/mol. The number of rotatable bonds is 8. The molecule has 0 radical (unpaired) electrons. The zero-order chi connectivity index (χ0) is 15.0. The quantitative estimate of drug-likeness (QED) is 0.776. The Balaban J connectivity index is 2.63. The lowest BCUT2D eigenvalue weighted by Crippen LogP contribution is -2.37. The van der Waals surface area contributed by atoms with Gasteiger partial charge in [0.05, 0.1) is 0 Å². The Morgan fingerprint density at radius 2 is 1.70 bits per heavy atom. The molecule has 1 rings (SSSR count). The number of nitrogens with one attached hydrogen (secondary N) is 1. The van der Waals surface area contributed by atoms with Gasteiger partial charge in [0.1, 0.15) is 0 Å². The first-order chi connectivity index (χ1) is 9.46. The Labute approximate surface area is 125 Å². The number of nitrogens with zero attached hydrogens (tertiary/aromatic N) is 1. The fourth-order valence-electron chi connectivity index (χ4n) is 2.43. The molecule has 0 saturated carbocycles. The van der Waals surface area contributed by atoms with Crippen molar-refractivity contribution in [1.82, 2.24) is 10.2 Å². The van der Waals surface area contributed by atoms with Crippen LogP contribution in [0.25, 0.3) is 0 Å². The summed E-state index contributed by atoms with van der Waals surface area (Å²) in [4.78, 5) is 2.52. The monoisotopic (exact) mass is 276 g/mol. The lowest BCUT2D eigenvalue weighted by molar-refractivity contribution is 0.279. The minimum absolute atomic E-state index is 0.201. The topological polar surface area (TPSA) is 15.3 Å². The van der Waals surface area contributed by atoms with E-state index in [1.807, 2.05) is 0 Å². The van der Waals surface area contributed by atoms with Crippen molar-refractivity contribution in [3.05, 3.63) is 35.4 Å². The lowest BCUT2D eigenvalue weighted by Gasteiger charge is -2.23. The molecule has 0 heterocycles. The van der Waals surface area contributed by atoms with Gasteiger partial charge in [-0.25, -0.2) is 0 Å². The van der Waals surface area contributed by atoms with E-state index in [2.05, 4.69) is 69.1 Å². The fraction of sp³-hybridized carbons (Fsp3) is 0.667. The molecule has 0 unspecified atom stereocenters. The molecule has 2 heteroatoms. The Hall–Kier alpha value is -0.860. The molecule has 20 heavy (non-hydrogen) atoms. The van der Waals surface area contributed by atoms with Gasteiger partial charge in [0.2, 0.25) is 0 Å². The molecule has 1 aromatic rings. The smallest absolute Gasteiger partial charge is 0.0236 e. The first-order valence-corrected chi connectivity index (χ1v) is 8.00. The van der Waals surface area contributed by atoms with Gasteiger partial charge in [-0.15, -0.1) is 0 Å². The van der Waals surface area contributed by atoms with Gasteiger partial charge in [-0.1, -0.05) is 38.1 Å². The zero-order valence-corrected chi connectivity index (χ0v) is 14.0. The van der Waals surface area contributed by atoms with E-state index in [4.69, 9.17) is 0 Å². The second kappa shape index (κ2) is 8.43. The molecule has 0 aliphatic rings. The van der Waals surface area contributed by atoms with Crippen LogP contribution in [0.3, 0.4) is 0 Å². The van der Waals surface area contributed by atoms with Gasteiger partial charge < -0.3 is 5.32 Å². The highest BCUT2D eigenvalue weighted by atomic mass is 15.1. The summed E-state index contributed by atoms with van der Waals surface area (Å²) >= 11 is 0. The Morgan fingerprint density at radius 1 is 1.05 bits per heavy atom. The Bertz CT molecular complexity index is 379.